The maximum Gasteiger partial charge on any atom is 0.327 e. The second-order valence-corrected chi connectivity index (χ2v) is 5.95. The van der Waals surface area contributed by atoms with Crippen LogP contribution in [0.2, 0.25) is 5.02 Å². The summed E-state index contributed by atoms with van der Waals surface area (Å²) < 4.78 is 13.5. The second-order valence-electron chi connectivity index (χ2n) is 5.54. The Balaban J connectivity index is 2.05. The zero-order chi connectivity index (χ0) is 17.0. The van der Waals surface area contributed by atoms with Gasteiger partial charge in [-0.1, -0.05) is 17.7 Å². The van der Waals surface area contributed by atoms with E-state index < -0.39 is 23.0 Å². The Labute approximate surface area is 138 Å². The van der Waals surface area contributed by atoms with Crippen LogP contribution in [0.1, 0.15) is 28.3 Å². The average Bonchev–Trinajstić information content (AvgIpc) is 2.89. The summed E-state index contributed by atoms with van der Waals surface area (Å²) in [6.45, 7) is 1.82. The van der Waals surface area contributed by atoms with Crippen molar-refractivity contribution in [1.82, 2.24) is 20.2 Å². The van der Waals surface area contributed by atoms with Gasteiger partial charge in [-0.05, 0) is 24.6 Å². The molecule has 9 heteroatoms. The molecule has 4 N–H and O–H groups in total. The summed E-state index contributed by atoms with van der Waals surface area (Å²) in [4.78, 5) is 28.8. The van der Waals surface area contributed by atoms with Crippen molar-refractivity contribution in [1.29, 1.82) is 0 Å². The Hall–Kier alpha value is -2.87. The molecule has 0 saturated heterocycles. The Kier molecular flexibility index (Phi) is 3.10. The number of aromatic amines is 3. The van der Waals surface area contributed by atoms with Crippen LogP contribution >= 0.6 is 11.6 Å². The first-order valence-corrected chi connectivity index (χ1v) is 7.47. The number of hydrogen-bond donors (Lipinski definition) is 4. The van der Waals surface area contributed by atoms with Gasteiger partial charge in [0.25, 0.3) is 5.56 Å². The predicted octanol–water partition coefficient (Wildman–Crippen LogP) is 2.12. The maximum atomic E-state index is 13.5. The summed E-state index contributed by atoms with van der Waals surface area (Å²) in [5.74, 6) is -0.345. The predicted molar refractivity (Wildman–Crippen MR) is 86.6 cm³/mol. The van der Waals surface area contributed by atoms with Crippen LogP contribution in [0.15, 0.2) is 27.8 Å². The van der Waals surface area contributed by atoms with E-state index in [2.05, 4.69) is 25.5 Å². The van der Waals surface area contributed by atoms with Gasteiger partial charge in [-0.15, -0.1) is 0 Å². The molecule has 0 aliphatic carbocycles. The quantitative estimate of drug-likeness (QED) is 0.423. The highest BCUT2D eigenvalue weighted by Crippen LogP contribution is 2.43. The average molecular weight is 348 g/mol. The summed E-state index contributed by atoms with van der Waals surface area (Å²) in [5.41, 5.74) is 1.26. The van der Waals surface area contributed by atoms with E-state index in [9.17, 15) is 14.0 Å². The van der Waals surface area contributed by atoms with E-state index in [1.807, 2.05) is 6.92 Å². The highest BCUT2D eigenvalue weighted by molar-refractivity contribution is 6.30. The molecule has 0 unspecified atom stereocenters. The third kappa shape index (κ3) is 2.07. The van der Waals surface area contributed by atoms with Gasteiger partial charge < -0.3 is 5.32 Å². The van der Waals surface area contributed by atoms with Crippen LogP contribution in [0.5, 0.6) is 0 Å². The van der Waals surface area contributed by atoms with Gasteiger partial charge in [0, 0.05) is 17.2 Å². The Morgan fingerprint density at radius 2 is 2.00 bits per heavy atom. The highest BCUT2D eigenvalue weighted by Gasteiger charge is 2.34. The molecule has 2 aromatic heterocycles. The largest absolute Gasteiger partial charge is 0.327 e. The normalized spacial score (nSPS) is 15.5. The van der Waals surface area contributed by atoms with Crippen molar-refractivity contribution in [2.24, 2.45) is 0 Å². The van der Waals surface area contributed by atoms with E-state index in [0.717, 1.165) is 11.3 Å². The number of H-pyrrole nitrogens is 3. The number of aryl methyl sites for hydroxylation is 1. The molecule has 0 bridgehead atoms. The molecule has 0 saturated carbocycles. The number of halogens is 2. The Morgan fingerprint density at radius 1 is 1.21 bits per heavy atom. The van der Waals surface area contributed by atoms with Crippen molar-refractivity contribution >= 4 is 23.2 Å². The van der Waals surface area contributed by atoms with Crippen LogP contribution in [0.25, 0.3) is 0 Å². The van der Waals surface area contributed by atoms with E-state index in [1.165, 1.54) is 12.1 Å². The number of fused-ring (bicyclic) bond motifs is 2. The maximum absolute atomic E-state index is 13.5. The van der Waals surface area contributed by atoms with Gasteiger partial charge in [-0.3, -0.25) is 19.9 Å². The smallest absolute Gasteiger partial charge is 0.324 e. The molecule has 1 atom stereocenters. The minimum Gasteiger partial charge on any atom is -0.324 e. The van der Waals surface area contributed by atoms with Gasteiger partial charge >= 0.3 is 5.69 Å². The summed E-state index contributed by atoms with van der Waals surface area (Å²) in [5, 5.41) is 9.90. The molecule has 0 spiro atoms. The van der Waals surface area contributed by atoms with Gasteiger partial charge in [0.2, 0.25) is 0 Å². The topological polar surface area (TPSA) is 106 Å². The molecule has 0 amide bonds. The van der Waals surface area contributed by atoms with Crippen LogP contribution in [-0.4, -0.2) is 20.2 Å². The summed E-state index contributed by atoms with van der Waals surface area (Å²) in [6, 6.07) is 4.27. The first-order valence-electron chi connectivity index (χ1n) is 7.09. The number of hydrogen-bond acceptors (Lipinski definition) is 4. The third-order valence-corrected chi connectivity index (χ3v) is 4.36. The highest BCUT2D eigenvalue weighted by atomic mass is 35.5. The van der Waals surface area contributed by atoms with Crippen LogP contribution in [-0.2, 0) is 0 Å². The van der Waals surface area contributed by atoms with Gasteiger partial charge in [0.1, 0.15) is 11.6 Å². The lowest BCUT2D eigenvalue weighted by atomic mass is 9.83. The van der Waals surface area contributed by atoms with Crippen molar-refractivity contribution in [3.63, 3.8) is 0 Å². The fourth-order valence-electron chi connectivity index (χ4n) is 3.04. The van der Waals surface area contributed by atoms with Gasteiger partial charge in [-0.2, -0.15) is 5.10 Å². The van der Waals surface area contributed by atoms with Crippen LogP contribution in [0, 0.1) is 12.7 Å². The lowest BCUT2D eigenvalue weighted by Crippen LogP contribution is -2.31. The number of rotatable bonds is 1. The molecular weight excluding hydrogens is 337 g/mol. The number of nitrogens with one attached hydrogen (secondary N) is 4. The van der Waals surface area contributed by atoms with Crippen molar-refractivity contribution in [2.45, 2.75) is 12.8 Å². The third-order valence-electron chi connectivity index (χ3n) is 4.07. The SMILES string of the molecule is Cc1[nH]nc2c1[C@@H](c1ccc(F)c(Cl)c1)c1c([nH]c(=O)[nH]c1=O)N2. The monoisotopic (exact) mass is 347 g/mol. The number of benzene rings is 1. The first-order chi connectivity index (χ1) is 11.5. The van der Waals surface area contributed by atoms with Gasteiger partial charge in [0.05, 0.1) is 10.6 Å². The fourth-order valence-corrected chi connectivity index (χ4v) is 3.23. The molecule has 24 heavy (non-hydrogen) atoms. The molecule has 4 rings (SSSR count). The van der Waals surface area contributed by atoms with Crippen LogP contribution in [0.3, 0.4) is 0 Å². The number of nitrogens with zero attached hydrogens (tertiary/aromatic N) is 1. The zero-order valence-corrected chi connectivity index (χ0v) is 13.1. The van der Waals surface area contributed by atoms with E-state index >= 15 is 0 Å². The lowest BCUT2D eigenvalue weighted by molar-refractivity contribution is 0.627. The number of anilines is 2. The van der Waals surface area contributed by atoms with Gasteiger partial charge in [0.15, 0.2) is 5.82 Å². The summed E-state index contributed by atoms with van der Waals surface area (Å²) in [7, 11) is 0. The van der Waals surface area contributed by atoms with E-state index in [-0.39, 0.29) is 10.8 Å². The summed E-state index contributed by atoms with van der Waals surface area (Å²) in [6.07, 6.45) is 0. The van der Waals surface area contributed by atoms with E-state index in [4.69, 9.17) is 11.6 Å². The van der Waals surface area contributed by atoms with Crippen molar-refractivity contribution in [2.75, 3.05) is 5.32 Å². The molecular formula is C15H11ClFN5O2. The molecule has 122 valence electrons. The fraction of sp³-hybridized carbons (Fsp3) is 0.133. The molecule has 1 aliphatic rings. The van der Waals surface area contributed by atoms with Crippen molar-refractivity contribution in [3.8, 4) is 0 Å². The summed E-state index contributed by atoms with van der Waals surface area (Å²) >= 11 is 5.91. The molecule has 1 aliphatic heterocycles. The number of aromatic nitrogens is 4. The van der Waals surface area contributed by atoms with Crippen molar-refractivity contribution in [3.05, 3.63) is 72.3 Å². The molecule has 3 heterocycles. The zero-order valence-electron chi connectivity index (χ0n) is 12.3. The minimum absolute atomic E-state index is 0.0452. The molecule has 7 nitrogen and oxygen atoms in total. The van der Waals surface area contributed by atoms with Crippen LogP contribution < -0.4 is 16.6 Å². The second kappa shape index (κ2) is 5.07. The van der Waals surface area contributed by atoms with Crippen molar-refractivity contribution < 1.29 is 4.39 Å². The minimum atomic E-state index is -0.627. The van der Waals surface area contributed by atoms with Crippen LogP contribution in [0.4, 0.5) is 16.0 Å². The molecule has 0 radical (unpaired) electrons. The van der Waals surface area contributed by atoms with E-state index in [0.29, 0.717) is 16.9 Å². The lowest BCUT2D eigenvalue weighted by Gasteiger charge is -2.25. The molecule has 3 aromatic rings. The Bertz CT molecular complexity index is 1080. The first kappa shape index (κ1) is 14.7. The standard InChI is InChI=1S/C15H11ClFN5O2/c1-5-9-10(6-2-3-8(17)7(16)4-6)11-12(18-13(9)22-21-5)19-15(24)20-14(11)23/h2-4,10H,1H3,(H4,18,19,20,21,22,23,24)/t10-/m1/s1. The molecule has 0 fully saturated rings. The molecule has 1 aromatic carbocycles. The van der Waals surface area contributed by atoms with Gasteiger partial charge in [-0.25, -0.2) is 9.18 Å². The van der Waals surface area contributed by atoms with E-state index in [1.54, 1.807) is 6.07 Å². The Morgan fingerprint density at radius 3 is 2.75 bits per heavy atom.